The van der Waals surface area contributed by atoms with Crippen LogP contribution in [0.25, 0.3) is 0 Å². The second-order valence-corrected chi connectivity index (χ2v) is 5.89. The molecule has 0 atom stereocenters. The summed E-state index contributed by atoms with van der Waals surface area (Å²) in [5.41, 5.74) is 1.45. The topological polar surface area (TPSA) is 127 Å². The molecule has 1 amide bonds. The van der Waals surface area contributed by atoms with Gasteiger partial charge in [0.15, 0.2) is 0 Å². The average molecular weight is 374 g/mol. The van der Waals surface area contributed by atoms with Gasteiger partial charge in [0.1, 0.15) is 11.4 Å². The summed E-state index contributed by atoms with van der Waals surface area (Å²) in [4.78, 5) is 25.8. The molecule has 0 spiro atoms. The highest BCUT2D eigenvalue weighted by Crippen LogP contribution is 2.39. The molecular formula is C18H22N4O5. The second-order valence-electron chi connectivity index (χ2n) is 5.89. The molecule has 2 aromatic rings. The molecule has 0 saturated heterocycles. The third-order valence-corrected chi connectivity index (χ3v) is 3.95. The van der Waals surface area contributed by atoms with Crippen LogP contribution in [-0.4, -0.2) is 34.2 Å². The molecule has 0 saturated carbocycles. The molecule has 2 rings (SSSR count). The van der Waals surface area contributed by atoms with Crippen molar-refractivity contribution in [2.45, 2.75) is 26.7 Å². The Labute approximate surface area is 156 Å². The highest BCUT2D eigenvalue weighted by atomic mass is 16.6. The van der Waals surface area contributed by atoms with E-state index >= 15 is 0 Å². The molecule has 0 aliphatic heterocycles. The number of aryl methyl sites for hydroxylation is 1. The number of para-hydroxylation sites is 1. The zero-order valence-corrected chi connectivity index (χ0v) is 15.2. The van der Waals surface area contributed by atoms with Crippen LogP contribution in [0, 0.1) is 24.0 Å². The smallest absolute Gasteiger partial charge is 0.404 e. The summed E-state index contributed by atoms with van der Waals surface area (Å²) in [7, 11) is 0. The van der Waals surface area contributed by atoms with Gasteiger partial charge in [0, 0.05) is 24.3 Å². The van der Waals surface area contributed by atoms with Crippen LogP contribution in [0.3, 0.4) is 0 Å². The Morgan fingerprint density at radius 3 is 2.52 bits per heavy atom. The van der Waals surface area contributed by atoms with E-state index < -0.39 is 11.0 Å². The summed E-state index contributed by atoms with van der Waals surface area (Å²) in [6, 6.07) is 8.76. The van der Waals surface area contributed by atoms with Crippen LogP contribution in [0.5, 0.6) is 11.6 Å². The number of hydrogen-bond donors (Lipinski definition) is 3. The molecule has 0 radical (unpaired) electrons. The van der Waals surface area contributed by atoms with Crippen molar-refractivity contribution in [1.82, 2.24) is 10.3 Å². The number of pyridine rings is 1. The van der Waals surface area contributed by atoms with E-state index in [9.17, 15) is 14.9 Å². The minimum Gasteiger partial charge on any atom is -0.465 e. The lowest BCUT2D eigenvalue weighted by Crippen LogP contribution is -2.22. The molecule has 0 aliphatic carbocycles. The SMILES string of the molecule is Cc1nc(Oc2ccccc2)c([N+](=O)[O-])c(NCCCCNC(=O)O)c1C. The molecule has 1 aromatic heterocycles. The van der Waals surface area contributed by atoms with E-state index in [4.69, 9.17) is 9.84 Å². The van der Waals surface area contributed by atoms with Crippen molar-refractivity contribution in [3.8, 4) is 11.6 Å². The van der Waals surface area contributed by atoms with Crippen LogP contribution >= 0.6 is 0 Å². The fourth-order valence-electron chi connectivity index (χ4n) is 2.47. The number of carbonyl (C=O) groups is 1. The number of rotatable bonds is 9. The predicted molar refractivity (Wildman–Crippen MR) is 101 cm³/mol. The Hall–Kier alpha value is -3.36. The summed E-state index contributed by atoms with van der Waals surface area (Å²) in [6.45, 7) is 4.31. The molecule has 9 heteroatoms. The number of anilines is 1. The first-order chi connectivity index (χ1) is 12.9. The van der Waals surface area contributed by atoms with Crippen molar-refractivity contribution in [1.29, 1.82) is 0 Å². The van der Waals surface area contributed by atoms with Gasteiger partial charge in [-0.1, -0.05) is 18.2 Å². The molecule has 144 valence electrons. The maximum atomic E-state index is 11.7. The number of nitro groups is 1. The normalized spacial score (nSPS) is 10.3. The minimum atomic E-state index is -1.07. The number of ether oxygens (including phenoxy) is 1. The number of amides is 1. The first-order valence-corrected chi connectivity index (χ1v) is 8.49. The third-order valence-electron chi connectivity index (χ3n) is 3.95. The van der Waals surface area contributed by atoms with E-state index in [1.165, 1.54) is 0 Å². The van der Waals surface area contributed by atoms with Gasteiger partial charge < -0.3 is 20.5 Å². The standard InChI is InChI=1S/C18H22N4O5/c1-12-13(2)21-17(27-14-8-4-3-5-9-14)16(22(25)26)15(12)19-10-6-7-11-20-18(23)24/h3-5,8-9,20H,6-7,10-11H2,1-2H3,(H,19,21)(H,23,24). The van der Waals surface area contributed by atoms with Gasteiger partial charge in [-0.2, -0.15) is 0 Å². The van der Waals surface area contributed by atoms with Crippen molar-refractivity contribution in [2.75, 3.05) is 18.4 Å². The molecule has 0 bridgehead atoms. The van der Waals surface area contributed by atoms with Crippen molar-refractivity contribution < 1.29 is 19.6 Å². The Bertz CT molecular complexity index is 811. The number of nitrogens with one attached hydrogen (secondary N) is 2. The third kappa shape index (κ3) is 5.56. The highest BCUT2D eigenvalue weighted by molar-refractivity contribution is 5.71. The summed E-state index contributed by atoms with van der Waals surface area (Å²) >= 11 is 0. The van der Waals surface area contributed by atoms with E-state index in [2.05, 4.69) is 15.6 Å². The van der Waals surface area contributed by atoms with E-state index in [1.54, 1.807) is 38.1 Å². The zero-order valence-electron chi connectivity index (χ0n) is 15.2. The van der Waals surface area contributed by atoms with Gasteiger partial charge in [-0.15, -0.1) is 0 Å². The fourth-order valence-corrected chi connectivity index (χ4v) is 2.47. The Morgan fingerprint density at radius 1 is 1.22 bits per heavy atom. The van der Waals surface area contributed by atoms with Gasteiger partial charge in [0.25, 0.3) is 0 Å². The Morgan fingerprint density at radius 2 is 1.89 bits per heavy atom. The van der Waals surface area contributed by atoms with Crippen LogP contribution < -0.4 is 15.4 Å². The number of carboxylic acid groups (broad SMARTS) is 1. The maximum absolute atomic E-state index is 11.7. The lowest BCUT2D eigenvalue weighted by atomic mass is 10.1. The van der Waals surface area contributed by atoms with Gasteiger partial charge >= 0.3 is 17.7 Å². The lowest BCUT2D eigenvalue weighted by molar-refractivity contribution is -0.385. The number of benzene rings is 1. The second kappa shape index (κ2) is 9.37. The first-order valence-electron chi connectivity index (χ1n) is 8.49. The van der Waals surface area contributed by atoms with E-state index in [1.807, 2.05) is 6.07 Å². The van der Waals surface area contributed by atoms with Crippen LogP contribution in [0.15, 0.2) is 30.3 Å². The molecule has 1 aromatic carbocycles. The number of aromatic nitrogens is 1. The number of nitrogens with zero attached hydrogens (tertiary/aromatic N) is 2. The minimum absolute atomic E-state index is 0.0654. The molecule has 0 aliphatic rings. The molecule has 9 nitrogen and oxygen atoms in total. The summed E-state index contributed by atoms with van der Waals surface area (Å²) < 4.78 is 5.65. The Kier molecular flexibility index (Phi) is 6.93. The van der Waals surface area contributed by atoms with Gasteiger partial charge in [-0.3, -0.25) is 10.1 Å². The monoisotopic (exact) mass is 374 g/mol. The summed E-state index contributed by atoms with van der Waals surface area (Å²) in [6.07, 6.45) is 0.193. The van der Waals surface area contributed by atoms with Gasteiger partial charge in [-0.25, -0.2) is 9.78 Å². The predicted octanol–water partition coefficient (Wildman–Crippen LogP) is 3.86. The summed E-state index contributed by atoms with van der Waals surface area (Å²) in [5, 5.41) is 25.6. The average Bonchev–Trinajstić information content (AvgIpc) is 2.62. The van der Waals surface area contributed by atoms with Crippen LogP contribution in [-0.2, 0) is 0 Å². The van der Waals surface area contributed by atoms with Crippen LogP contribution in [0.1, 0.15) is 24.1 Å². The summed E-state index contributed by atoms with van der Waals surface area (Å²) in [5.74, 6) is 0.395. The van der Waals surface area contributed by atoms with Crippen LogP contribution in [0.2, 0.25) is 0 Å². The van der Waals surface area contributed by atoms with Crippen molar-refractivity contribution in [3.05, 3.63) is 51.7 Å². The van der Waals surface area contributed by atoms with Crippen molar-refractivity contribution >= 4 is 17.5 Å². The van der Waals surface area contributed by atoms with Crippen LogP contribution in [0.4, 0.5) is 16.2 Å². The number of hydrogen-bond acceptors (Lipinski definition) is 6. The molecule has 27 heavy (non-hydrogen) atoms. The zero-order chi connectivity index (χ0) is 19.8. The lowest BCUT2D eigenvalue weighted by Gasteiger charge is -2.14. The fraction of sp³-hybridized carbons (Fsp3) is 0.333. The maximum Gasteiger partial charge on any atom is 0.404 e. The molecule has 3 N–H and O–H groups in total. The first kappa shape index (κ1) is 20.0. The Balaban J connectivity index is 2.19. The van der Waals surface area contributed by atoms with Gasteiger partial charge in [0.2, 0.25) is 0 Å². The number of unbranched alkanes of at least 4 members (excludes halogenated alkanes) is 1. The molecular weight excluding hydrogens is 352 g/mol. The quantitative estimate of drug-likeness (QED) is 0.345. The molecule has 0 fully saturated rings. The highest BCUT2D eigenvalue weighted by Gasteiger charge is 2.27. The van der Waals surface area contributed by atoms with Crippen molar-refractivity contribution in [3.63, 3.8) is 0 Å². The molecule has 1 heterocycles. The van der Waals surface area contributed by atoms with E-state index in [-0.39, 0.29) is 11.6 Å². The van der Waals surface area contributed by atoms with Crippen molar-refractivity contribution in [2.24, 2.45) is 0 Å². The van der Waals surface area contributed by atoms with E-state index in [0.29, 0.717) is 48.6 Å². The van der Waals surface area contributed by atoms with Gasteiger partial charge in [-0.05, 0) is 38.8 Å². The largest absolute Gasteiger partial charge is 0.465 e. The molecule has 0 unspecified atom stereocenters. The van der Waals surface area contributed by atoms with E-state index in [0.717, 1.165) is 0 Å². The van der Waals surface area contributed by atoms with Gasteiger partial charge in [0.05, 0.1) is 4.92 Å².